The van der Waals surface area contributed by atoms with Gasteiger partial charge < -0.3 is 9.64 Å². The van der Waals surface area contributed by atoms with Gasteiger partial charge in [0, 0.05) is 34.9 Å². The Kier molecular flexibility index (Phi) is 4.82. The summed E-state index contributed by atoms with van der Waals surface area (Å²) in [6.07, 6.45) is 1.07. The van der Waals surface area contributed by atoms with E-state index in [4.69, 9.17) is 27.9 Å². The van der Waals surface area contributed by atoms with Gasteiger partial charge in [0.05, 0.1) is 11.6 Å². The van der Waals surface area contributed by atoms with Crippen LogP contribution >= 0.6 is 23.2 Å². The van der Waals surface area contributed by atoms with E-state index in [9.17, 15) is 8.78 Å². The zero-order valence-corrected chi connectivity index (χ0v) is 15.9. The lowest BCUT2D eigenvalue weighted by Gasteiger charge is -2.33. The van der Waals surface area contributed by atoms with Crippen molar-refractivity contribution in [3.05, 3.63) is 45.9 Å². The Morgan fingerprint density at radius 2 is 1.93 bits per heavy atom. The smallest absolute Gasteiger partial charge is 0.387 e. The maximum Gasteiger partial charge on any atom is 0.387 e. The van der Waals surface area contributed by atoms with E-state index in [1.807, 2.05) is 19.1 Å². The van der Waals surface area contributed by atoms with Crippen molar-refractivity contribution in [3.63, 3.8) is 0 Å². The predicted molar refractivity (Wildman–Crippen MR) is 101 cm³/mol. The van der Waals surface area contributed by atoms with E-state index in [0.29, 0.717) is 15.6 Å². The third-order valence-electron chi connectivity index (χ3n) is 4.74. The number of anilines is 1. The zero-order chi connectivity index (χ0) is 19.1. The number of fused-ring (bicyclic) bond motifs is 1. The molecule has 2 aromatic carbocycles. The Labute approximate surface area is 164 Å². The van der Waals surface area contributed by atoms with Crippen LogP contribution < -0.4 is 9.64 Å². The van der Waals surface area contributed by atoms with Gasteiger partial charge in [0.25, 0.3) is 0 Å². The molecule has 1 atom stereocenters. The molecule has 0 saturated carbocycles. The van der Waals surface area contributed by atoms with Crippen LogP contribution in [0.4, 0.5) is 14.5 Å². The molecule has 0 spiro atoms. The standard InChI is InChI=1S/C18H16Cl2F2N4O/c1-10(13-4-3-11(19)7-14(13)20)26-15-8-12(25-5-2-6-25)9-16(27-18(21)22)17(15)23-24-26/h3-4,7-10,18H,2,5-6H2,1H3/t10-/m1/s1. The van der Waals surface area contributed by atoms with Crippen LogP contribution in [-0.4, -0.2) is 34.7 Å². The summed E-state index contributed by atoms with van der Waals surface area (Å²) in [5.41, 5.74) is 2.51. The van der Waals surface area contributed by atoms with Gasteiger partial charge in [0.1, 0.15) is 0 Å². The molecule has 1 aliphatic rings. The first kappa shape index (κ1) is 18.3. The Bertz CT molecular complexity index is 991. The Morgan fingerprint density at radius 3 is 2.56 bits per heavy atom. The van der Waals surface area contributed by atoms with E-state index in [-0.39, 0.29) is 17.3 Å². The molecular weight excluding hydrogens is 397 g/mol. The Hall–Kier alpha value is -2.12. The van der Waals surface area contributed by atoms with Crippen molar-refractivity contribution in [1.82, 2.24) is 15.0 Å². The maximum atomic E-state index is 12.9. The number of halogens is 4. The minimum absolute atomic E-state index is 0.0186. The van der Waals surface area contributed by atoms with Crippen LogP contribution in [0.3, 0.4) is 0 Å². The van der Waals surface area contributed by atoms with Crippen molar-refractivity contribution in [2.24, 2.45) is 0 Å². The second kappa shape index (κ2) is 7.13. The number of hydrogen-bond donors (Lipinski definition) is 0. The second-order valence-corrected chi connectivity index (χ2v) is 7.25. The molecular formula is C18H16Cl2F2N4O. The number of benzene rings is 2. The number of rotatable bonds is 5. The monoisotopic (exact) mass is 412 g/mol. The van der Waals surface area contributed by atoms with Crippen molar-refractivity contribution < 1.29 is 13.5 Å². The molecule has 1 fully saturated rings. The third-order valence-corrected chi connectivity index (χ3v) is 5.31. The zero-order valence-electron chi connectivity index (χ0n) is 14.4. The van der Waals surface area contributed by atoms with Gasteiger partial charge in [-0.1, -0.05) is 34.5 Å². The molecule has 0 N–H and O–H groups in total. The average Bonchev–Trinajstić information content (AvgIpc) is 2.96. The maximum absolute atomic E-state index is 12.9. The van der Waals surface area contributed by atoms with Gasteiger partial charge in [-0.15, -0.1) is 5.10 Å². The fourth-order valence-corrected chi connectivity index (χ4v) is 3.76. The van der Waals surface area contributed by atoms with E-state index in [1.165, 1.54) is 0 Å². The molecule has 1 aliphatic heterocycles. The van der Waals surface area contributed by atoms with Gasteiger partial charge in [-0.2, -0.15) is 8.78 Å². The Morgan fingerprint density at radius 1 is 1.15 bits per heavy atom. The number of nitrogens with zero attached hydrogens (tertiary/aromatic N) is 4. The van der Waals surface area contributed by atoms with Gasteiger partial charge in [-0.25, -0.2) is 4.68 Å². The lowest BCUT2D eigenvalue weighted by Crippen LogP contribution is -2.37. The molecule has 0 radical (unpaired) electrons. The summed E-state index contributed by atoms with van der Waals surface area (Å²) in [5.74, 6) is 0.0186. The lowest BCUT2D eigenvalue weighted by molar-refractivity contribution is -0.0489. The molecule has 4 rings (SSSR count). The summed E-state index contributed by atoms with van der Waals surface area (Å²) in [6, 6.07) is 8.43. The SMILES string of the molecule is C[C@H](c1ccc(Cl)cc1Cl)n1nnc2c(OC(F)F)cc(N3CCC3)cc21. The number of alkyl halides is 2. The van der Waals surface area contributed by atoms with Crippen LogP contribution in [0.5, 0.6) is 5.75 Å². The van der Waals surface area contributed by atoms with Gasteiger partial charge in [-0.05, 0) is 37.1 Å². The summed E-state index contributed by atoms with van der Waals surface area (Å²) >= 11 is 12.3. The summed E-state index contributed by atoms with van der Waals surface area (Å²) in [5, 5.41) is 9.29. The van der Waals surface area contributed by atoms with Crippen molar-refractivity contribution >= 4 is 39.9 Å². The van der Waals surface area contributed by atoms with Crippen LogP contribution in [0.25, 0.3) is 11.0 Å². The van der Waals surface area contributed by atoms with Gasteiger partial charge >= 0.3 is 6.61 Å². The highest BCUT2D eigenvalue weighted by molar-refractivity contribution is 6.35. The normalized spacial score (nSPS) is 15.3. The molecule has 27 heavy (non-hydrogen) atoms. The van der Waals surface area contributed by atoms with Crippen molar-refractivity contribution in [1.29, 1.82) is 0 Å². The molecule has 0 amide bonds. The largest absolute Gasteiger partial charge is 0.432 e. The lowest BCUT2D eigenvalue weighted by atomic mass is 10.1. The van der Waals surface area contributed by atoms with Crippen LogP contribution in [0.15, 0.2) is 30.3 Å². The highest BCUT2D eigenvalue weighted by Gasteiger charge is 2.23. The van der Waals surface area contributed by atoms with Crippen LogP contribution in [0.1, 0.15) is 24.9 Å². The average molecular weight is 413 g/mol. The fraction of sp³-hybridized carbons (Fsp3) is 0.333. The highest BCUT2D eigenvalue weighted by atomic mass is 35.5. The van der Waals surface area contributed by atoms with E-state index >= 15 is 0 Å². The van der Waals surface area contributed by atoms with Crippen molar-refractivity contribution in [2.75, 3.05) is 18.0 Å². The number of hydrogen-bond acceptors (Lipinski definition) is 4. The Balaban J connectivity index is 1.83. The molecule has 5 nitrogen and oxygen atoms in total. The van der Waals surface area contributed by atoms with E-state index < -0.39 is 6.61 Å². The van der Waals surface area contributed by atoms with Crippen LogP contribution in [-0.2, 0) is 0 Å². The summed E-state index contributed by atoms with van der Waals surface area (Å²) in [6.45, 7) is 0.723. The van der Waals surface area contributed by atoms with Crippen LogP contribution in [0, 0.1) is 0 Å². The second-order valence-electron chi connectivity index (χ2n) is 6.41. The number of aromatic nitrogens is 3. The molecule has 0 unspecified atom stereocenters. The third kappa shape index (κ3) is 3.41. The van der Waals surface area contributed by atoms with E-state index in [1.54, 1.807) is 22.9 Å². The molecule has 1 saturated heterocycles. The summed E-state index contributed by atoms with van der Waals surface area (Å²) in [4.78, 5) is 2.09. The summed E-state index contributed by atoms with van der Waals surface area (Å²) < 4.78 is 32.1. The molecule has 0 bridgehead atoms. The van der Waals surface area contributed by atoms with E-state index in [2.05, 4.69) is 15.2 Å². The first-order valence-corrected chi connectivity index (χ1v) is 9.23. The fourth-order valence-electron chi connectivity index (χ4n) is 3.20. The molecule has 2 heterocycles. The molecule has 0 aliphatic carbocycles. The molecule has 9 heteroatoms. The topological polar surface area (TPSA) is 43.2 Å². The summed E-state index contributed by atoms with van der Waals surface area (Å²) in [7, 11) is 0. The van der Waals surface area contributed by atoms with Gasteiger partial charge in [0.15, 0.2) is 11.3 Å². The van der Waals surface area contributed by atoms with Crippen LogP contribution in [0.2, 0.25) is 10.0 Å². The predicted octanol–water partition coefficient (Wildman–Crippen LogP) is 5.16. The number of ether oxygens (including phenoxy) is 1. The quantitative estimate of drug-likeness (QED) is 0.580. The minimum atomic E-state index is -2.94. The first-order valence-electron chi connectivity index (χ1n) is 8.47. The minimum Gasteiger partial charge on any atom is -0.432 e. The van der Waals surface area contributed by atoms with Crippen molar-refractivity contribution in [3.8, 4) is 5.75 Å². The van der Waals surface area contributed by atoms with Crippen molar-refractivity contribution in [2.45, 2.75) is 26.0 Å². The molecule has 3 aromatic rings. The highest BCUT2D eigenvalue weighted by Crippen LogP contribution is 2.36. The van der Waals surface area contributed by atoms with E-state index in [0.717, 1.165) is 30.8 Å². The molecule has 1 aromatic heterocycles. The molecule has 142 valence electrons. The first-order chi connectivity index (χ1) is 12.9. The van der Waals surface area contributed by atoms with Gasteiger partial charge in [0.2, 0.25) is 0 Å². The van der Waals surface area contributed by atoms with Gasteiger partial charge in [-0.3, -0.25) is 0 Å².